The number of aromatic nitrogens is 2. The molecule has 162 valence electrons. The van der Waals surface area contributed by atoms with Gasteiger partial charge in [0.05, 0.1) is 4.90 Å². The molecule has 0 unspecified atom stereocenters. The van der Waals surface area contributed by atoms with Crippen LogP contribution < -0.4 is 5.32 Å². The molecule has 0 saturated carbocycles. The molecule has 1 atom stereocenters. The normalized spacial score (nSPS) is 15.7. The van der Waals surface area contributed by atoms with Gasteiger partial charge in [0, 0.05) is 38.1 Å². The van der Waals surface area contributed by atoms with E-state index in [-0.39, 0.29) is 4.90 Å². The summed E-state index contributed by atoms with van der Waals surface area (Å²) in [7, 11) is -1.76. The topological polar surface area (TPSA) is 84.3 Å². The number of hydrogen-bond acceptors (Lipinski definition) is 4. The molecule has 1 saturated heterocycles. The predicted octanol–water partition coefficient (Wildman–Crippen LogP) is 2.86. The van der Waals surface area contributed by atoms with Gasteiger partial charge >= 0.3 is 0 Å². The lowest BCUT2D eigenvalue weighted by Gasteiger charge is -2.20. The fourth-order valence-corrected chi connectivity index (χ4v) is 5.23. The van der Waals surface area contributed by atoms with E-state index in [0.29, 0.717) is 30.0 Å². The maximum absolute atomic E-state index is 13.8. The van der Waals surface area contributed by atoms with Gasteiger partial charge in [0.15, 0.2) is 0 Å². The summed E-state index contributed by atoms with van der Waals surface area (Å²) in [6.07, 6.45) is 5.06. The van der Waals surface area contributed by atoms with Gasteiger partial charge in [-0.2, -0.15) is 4.31 Å². The van der Waals surface area contributed by atoms with Gasteiger partial charge in [0.1, 0.15) is 17.7 Å². The Morgan fingerprint density at radius 1 is 1.13 bits per heavy atom. The molecular formula is C22H23FN4O3S. The highest BCUT2D eigenvalue weighted by Gasteiger charge is 2.27. The second-order valence-corrected chi connectivity index (χ2v) is 9.43. The molecule has 1 amide bonds. The average molecular weight is 443 g/mol. The summed E-state index contributed by atoms with van der Waals surface area (Å²) < 4.78 is 42.4. The third kappa shape index (κ3) is 4.38. The van der Waals surface area contributed by atoms with Crippen molar-refractivity contribution in [1.29, 1.82) is 0 Å². The van der Waals surface area contributed by atoms with Crippen molar-refractivity contribution in [3.05, 3.63) is 83.7 Å². The van der Waals surface area contributed by atoms with E-state index in [1.165, 1.54) is 40.7 Å². The Kier molecular flexibility index (Phi) is 5.88. The van der Waals surface area contributed by atoms with Crippen molar-refractivity contribution in [3.63, 3.8) is 0 Å². The van der Waals surface area contributed by atoms with Crippen molar-refractivity contribution >= 4 is 15.9 Å². The van der Waals surface area contributed by atoms with E-state index < -0.39 is 27.8 Å². The monoisotopic (exact) mass is 442 g/mol. The zero-order chi connectivity index (χ0) is 22.0. The Labute approximate surface area is 180 Å². The highest BCUT2D eigenvalue weighted by molar-refractivity contribution is 7.89. The van der Waals surface area contributed by atoms with Crippen LogP contribution in [-0.4, -0.2) is 41.3 Å². The van der Waals surface area contributed by atoms with Crippen LogP contribution in [0.1, 0.15) is 40.6 Å². The molecule has 0 aliphatic carbocycles. The minimum absolute atomic E-state index is 0.164. The van der Waals surface area contributed by atoms with Gasteiger partial charge < -0.3 is 9.88 Å². The summed E-state index contributed by atoms with van der Waals surface area (Å²) in [5.41, 5.74) is 0.854. The Morgan fingerprint density at radius 2 is 1.84 bits per heavy atom. The van der Waals surface area contributed by atoms with Gasteiger partial charge in [-0.1, -0.05) is 12.1 Å². The Morgan fingerprint density at radius 3 is 2.45 bits per heavy atom. The van der Waals surface area contributed by atoms with Crippen LogP contribution in [0, 0.1) is 5.82 Å². The van der Waals surface area contributed by atoms with Crippen LogP contribution in [0.5, 0.6) is 0 Å². The lowest BCUT2D eigenvalue weighted by atomic mass is 10.0. The number of imidazole rings is 1. The number of nitrogens with zero attached hydrogens (tertiary/aromatic N) is 3. The van der Waals surface area contributed by atoms with Crippen LogP contribution in [-0.2, 0) is 17.1 Å². The summed E-state index contributed by atoms with van der Waals surface area (Å²) in [6.45, 7) is 1.03. The summed E-state index contributed by atoms with van der Waals surface area (Å²) >= 11 is 0. The number of sulfonamides is 1. The number of benzene rings is 2. The van der Waals surface area contributed by atoms with Crippen molar-refractivity contribution < 1.29 is 17.6 Å². The number of hydrogen-bond donors (Lipinski definition) is 1. The minimum atomic E-state index is -3.55. The summed E-state index contributed by atoms with van der Waals surface area (Å²) in [4.78, 5) is 17.4. The third-order valence-corrected chi connectivity index (χ3v) is 7.31. The first-order valence-corrected chi connectivity index (χ1v) is 11.4. The first-order valence-electron chi connectivity index (χ1n) is 10.00. The molecule has 0 spiro atoms. The molecule has 0 radical (unpaired) electrons. The molecule has 3 aromatic rings. The van der Waals surface area contributed by atoms with E-state index in [4.69, 9.17) is 0 Å². The predicted molar refractivity (Wildman–Crippen MR) is 113 cm³/mol. The van der Waals surface area contributed by atoms with Crippen LogP contribution in [0.2, 0.25) is 0 Å². The summed E-state index contributed by atoms with van der Waals surface area (Å²) in [5.74, 6) is -0.281. The van der Waals surface area contributed by atoms with Crippen molar-refractivity contribution in [2.45, 2.75) is 23.8 Å². The molecule has 1 aliphatic heterocycles. The van der Waals surface area contributed by atoms with Crippen LogP contribution in [0.15, 0.2) is 65.8 Å². The number of nitrogens with one attached hydrogen (secondary N) is 1. The molecule has 4 rings (SSSR count). The highest BCUT2D eigenvalue weighted by atomic mass is 32.2. The van der Waals surface area contributed by atoms with Crippen molar-refractivity contribution in [3.8, 4) is 0 Å². The van der Waals surface area contributed by atoms with E-state index >= 15 is 0 Å². The van der Waals surface area contributed by atoms with Crippen molar-refractivity contribution in [1.82, 2.24) is 19.2 Å². The maximum atomic E-state index is 13.8. The molecule has 1 fully saturated rings. The van der Waals surface area contributed by atoms with Gasteiger partial charge in [-0.05, 0) is 54.8 Å². The van der Waals surface area contributed by atoms with Crippen molar-refractivity contribution in [2.24, 2.45) is 7.05 Å². The van der Waals surface area contributed by atoms with Crippen LogP contribution >= 0.6 is 0 Å². The smallest absolute Gasteiger partial charge is 0.252 e. The van der Waals surface area contributed by atoms with Crippen LogP contribution in [0.3, 0.4) is 0 Å². The zero-order valence-corrected chi connectivity index (χ0v) is 17.8. The molecule has 1 aliphatic rings. The standard InChI is InChI=1S/C22H23FN4O3S/c1-26-14-11-24-21(26)20(17-5-4-6-18(23)15-17)25-22(28)16-7-9-19(10-8-16)31(29,30)27-12-2-3-13-27/h4-11,14-15,20H,2-3,12-13H2,1H3,(H,25,28)/t20-/m0/s1. The fourth-order valence-electron chi connectivity index (χ4n) is 3.71. The van der Waals surface area contributed by atoms with Crippen LogP contribution in [0.4, 0.5) is 4.39 Å². The largest absolute Gasteiger partial charge is 0.338 e. The first-order chi connectivity index (χ1) is 14.9. The highest BCUT2D eigenvalue weighted by Crippen LogP contribution is 2.23. The Hall–Kier alpha value is -3.04. The molecule has 7 nitrogen and oxygen atoms in total. The van der Waals surface area contributed by atoms with Gasteiger partial charge in [-0.15, -0.1) is 0 Å². The third-order valence-electron chi connectivity index (χ3n) is 5.39. The maximum Gasteiger partial charge on any atom is 0.252 e. The van der Waals surface area contributed by atoms with E-state index in [1.54, 1.807) is 36.1 Å². The minimum Gasteiger partial charge on any atom is -0.338 e. The van der Waals surface area contributed by atoms with Gasteiger partial charge in [-0.3, -0.25) is 4.79 Å². The summed E-state index contributed by atoms with van der Waals surface area (Å²) in [6, 6.07) is 11.2. The molecule has 9 heteroatoms. The molecule has 1 N–H and O–H groups in total. The quantitative estimate of drug-likeness (QED) is 0.636. The molecule has 1 aromatic heterocycles. The Bertz CT molecular complexity index is 1190. The Balaban J connectivity index is 1.58. The van der Waals surface area contributed by atoms with Gasteiger partial charge in [0.2, 0.25) is 10.0 Å². The fraction of sp³-hybridized carbons (Fsp3) is 0.273. The molecular weight excluding hydrogens is 419 g/mol. The van der Waals surface area contributed by atoms with E-state index in [0.717, 1.165) is 12.8 Å². The van der Waals surface area contributed by atoms with E-state index in [2.05, 4.69) is 10.3 Å². The number of carbonyl (C=O) groups is 1. The first kappa shape index (κ1) is 21.2. The average Bonchev–Trinajstić information content (AvgIpc) is 3.44. The van der Waals surface area contributed by atoms with Gasteiger partial charge in [0.25, 0.3) is 5.91 Å². The number of carbonyl (C=O) groups excluding carboxylic acids is 1. The number of amides is 1. The zero-order valence-electron chi connectivity index (χ0n) is 17.0. The molecule has 2 aromatic carbocycles. The van der Waals surface area contributed by atoms with E-state index in [1.807, 2.05) is 0 Å². The molecule has 2 heterocycles. The van der Waals surface area contributed by atoms with E-state index in [9.17, 15) is 17.6 Å². The number of rotatable bonds is 6. The van der Waals surface area contributed by atoms with Crippen molar-refractivity contribution in [2.75, 3.05) is 13.1 Å². The lowest BCUT2D eigenvalue weighted by molar-refractivity contribution is 0.0941. The molecule has 31 heavy (non-hydrogen) atoms. The number of aryl methyl sites for hydroxylation is 1. The number of halogens is 1. The molecule has 0 bridgehead atoms. The summed E-state index contributed by atoms with van der Waals surface area (Å²) in [5, 5.41) is 2.88. The SMILES string of the molecule is Cn1ccnc1[C@@H](NC(=O)c1ccc(S(=O)(=O)N2CCCC2)cc1)c1cccc(F)c1. The lowest BCUT2D eigenvalue weighted by Crippen LogP contribution is -2.31. The van der Waals surface area contributed by atoms with Gasteiger partial charge in [-0.25, -0.2) is 17.8 Å². The van der Waals surface area contributed by atoms with Crippen LogP contribution in [0.25, 0.3) is 0 Å². The second kappa shape index (κ2) is 8.60. The second-order valence-electron chi connectivity index (χ2n) is 7.49.